The smallest absolute Gasteiger partial charge is 0.197 e. The lowest BCUT2D eigenvalue weighted by Crippen LogP contribution is -2.14. The first-order valence-electron chi connectivity index (χ1n) is 38.9. The van der Waals surface area contributed by atoms with Gasteiger partial charge in [-0.05, 0) is 111 Å². The number of Topliss-reactive ketones (excluding diaryl/α,β-unsaturated/α-hetero) is 4. The number of aryl methyl sites for hydroxylation is 2. The molecule has 0 saturated carbocycles. The molecule has 7 aromatic heterocycles. The largest absolute Gasteiger partial charge is 0.337 e. The van der Waals surface area contributed by atoms with Crippen molar-refractivity contribution >= 4 is 211 Å². The second-order valence-corrected chi connectivity index (χ2v) is 35.6. The first-order valence-corrected chi connectivity index (χ1v) is 44.4. The van der Waals surface area contributed by atoms with E-state index in [0.717, 1.165) is 124 Å². The quantitative estimate of drug-likeness (QED) is 0.0214. The van der Waals surface area contributed by atoms with Gasteiger partial charge in [0.05, 0.1) is 93.2 Å². The van der Waals surface area contributed by atoms with Gasteiger partial charge in [-0.2, -0.15) is 8.75 Å². The number of aromatic nitrogens is 4. The number of rotatable bonds is 42. The lowest BCUT2D eigenvalue weighted by Gasteiger charge is -2.22. The summed E-state index contributed by atoms with van der Waals surface area (Å²) in [6.45, 7) is 15.5. The predicted molar refractivity (Wildman–Crippen MR) is 442 cm³/mol. The summed E-state index contributed by atoms with van der Waals surface area (Å²) < 4.78 is 23.8. The molecule has 0 radical (unpaired) electrons. The Morgan fingerprint density at radius 1 is 0.356 bits per heavy atom. The molecule has 0 saturated heterocycles. The third-order valence-electron chi connectivity index (χ3n) is 21.9. The Morgan fingerprint density at radius 3 is 0.980 bits per heavy atom. The number of carbonyl (C=O) groups excluding carboxylic acids is 4. The zero-order valence-electron chi connectivity index (χ0n) is 60.5. The average Bonchev–Trinajstić information content (AvgIpc) is 1.50. The fraction of sp³-hybridized carbons (Fsp3) is 0.548. The van der Waals surface area contributed by atoms with E-state index in [1.165, 1.54) is 225 Å². The maximum Gasteiger partial charge on any atom is 0.197 e. The molecule has 0 fully saturated rings. The van der Waals surface area contributed by atoms with Crippen molar-refractivity contribution in [2.75, 3.05) is 0 Å². The van der Waals surface area contributed by atoms with E-state index in [9.17, 15) is 19.2 Å². The van der Waals surface area contributed by atoms with Crippen molar-refractivity contribution in [3.05, 3.63) is 98.6 Å². The standard InChI is InChI=1S/C84H102Cl4N4O4S5/c1-7-13-19-23-25-27-29-31-35-41-53-65(47-59-75(93)55-43-61(85)62(86)44-56(55)76(59)94)97-83-73-81(99-79(53)83)67-69-70(90-101-89-69)68-72(71(67)91(73)49-51(37-17-11-5)39-33-21-15-9-3)92(50-52(38-18-12-6)40-34-22-16-10-4)74-82(68)100-80-54(42-36-32-30-28-26-24-20-14-8-2)66(98-84(74)80)48-60-77(95)57-45-63(87)64(88)46-58(57)78(60)96/h43-48,51-52H,7-42,49-50H2,1-6H3. The van der Waals surface area contributed by atoms with Crippen LogP contribution in [0.25, 0.3) is 84.2 Å². The zero-order chi connectivity index (χ0) is 70.8. The molecule has 8 nitrogen and oxygen atoms in total. The molecular formula is C84H102Cl4N4O4S5. The summed E-state index contributed by atoms with van der Waals surface area (Å²) in [5.41, 5.74) is 10.9. The summed E-state index contributed by atoms with van der Waals surface area (Å²) in [6, 6.07) is 6.26. The van der Waals surface area contributed by atoms with Crippen molar-refractivity contribution in [2.45, 2.75) is 286 Å². The molecule has 0 N–H and O–H groups in total. The minimum atomic E-state index is -0.305. The van der Waals surface area contributed by atoms with E-state index in [0.29, 0.717) is 34.1 Å². The number of hydrogen-bond donors (Lipinski definition) is 0. The monoisotopic (exact) mass is 1530 g/mol. The molecule has 0 aliphatic heterocycles. The highest BCUT2D eigenvalue weighted by molar-refractivity contribution is 7.34. The molecule has 17 heteroatoms. The Balaban J connectivity index is 1.12. The molecule has 3 aromatic carbocycles. The fourth-order valence-electron chi connectivity index (χ4n) is 16.3. The van der Waals surface area contributed by atoms with Crippen LogP contribution in [0.4, 0.5) is 0 Å². The topological polar surface area (TPSA) is 104 Å². The molecule has 12 rings (SSSR count). The van der Waals surface area contributed by atoms with E-state index < -0.39 is 0 Å². The third-order valence-corrected chi connectivity index (χ3v) is 29.0. The van der Waals surface area contributed by atoms with Gasteiger partial charge in [-0.1, -0.05) is 268 Å². The molecule has 2 aliphatic rings. The van der Waals surface area contributed by atoms with E-state index >= 15 is 0 Å². The molecular weight excluding hydrogens is 1430 g/mol. The van der Waals surface area contributed by atoms with E-state index in [-0.39, 0.29) is 54.4 Å². The first-order chi connectivity index (χ1) is 49.3. The first kappa shape index (κ1) is 76.4. The summed E-state index contributed by atoms with van der Waals surface area (Å²) in [6.07, 6.45) is 46.1. The highest BCUT2D eigenvalue weighted by Crippen LogP contribution is 2.56. The lowest BCUT2D eigenvalue weighted by molar-refractivity contribution is 0.0975. The minimum absolute atomic E-state index is 0.170. The zero-order valence-corrected chi connectivity index (χ0v) is 67.6. The van der Waals surface area contributed by atoms with Crippen LogP contribution in [0.1, 0.15) is 322 Å². The van der Waals surface area contributed by atoms with Crippen LogP contribution in [0.2, 0.25) is 20.1 Å². The SMILES string of the molecule is CCCCCCCCCCCc1c(C=C2C(=O)c3cc(Cl)c(Cl)cc3C2=O)sc2c1sc1c3c4nsnc4c4c5sc6c(CCCCCCCCCCC)c(C=C7C(=O)c8cc(Cl)c(Cl)cc8C7=O)sc6c5n(CC(CCCC)CCCCCC)c4c3n(CC(CCCC)CCCCCC)c21. The van der Waals surface area contributed by atoms with Crippen LogP contribution in [0.15, 0.2) is 35.4 Å². The van der Waals surface area contributed by atoms with Gasteiger partial charge in [-0.3, -0.25) is 19.2 Å². The Labute approximate surface area is 638 Å². The van der Waals surface area contributed by atoms with Crippen molar-refractivity contribution in [3.8, 4) is 0 Å². The molecule has 0 spiro atoms. The fourth-order valence-corrected chi connectivity index (χ4v) is 23.4. The number of unbranched alkanes of at least 4 members (excludes halogenated alkanes) is 24. The van der Waals surface area contributed by atoms with Gasteiger partial charge in [0.1, 0.15) is 11.0 Å². The number of benzene rings is 3. The van der Waals surface area contributed by atoms with Crippen molar-refractivity contribution in [3.63, 3.8) is 0 Å². The van der Waals surface area contributed by atoms with E-state index in [1.807, 2.05) is 34.8 Å². The van der Waals surface area contributed by atoms with Crippen molar-refractivity contribution < 1.29 is 19.2 Å². The highest BCUT2D eigenvalue weighted by Gasteiger charge is 2.38. The van der Waals surface area contributed by atoms with Crippen LogP contribution < -0.4 is 0 Å². The molecule has 0 amide bonds. The molecule has 10 aromatic rings. The number of hydrogen-bond acceptors (Lipinski definition) is 11. The molecule has 101 heavy (non-hydrogen) atoms. The molecule has 7 heterocycles. The van der Waals surface area contributed by atoms with E-state index in [4.69, 9.17) is 55.2 Å². The van der Waals surface area contributed by atoms with Gasteiger partial charge < -0.3 is 9.13 Å². The van der Waals surface area contributed by atoms with Crippen LogP contribution in [-0.4, -0.2) is 41.0 Å². The van der Waals surface area contributed by atoms with Crippen molar-refractivity contribution in [2.24, 2.45) is 11.8 Å². The second kappa shape index (κ2) is 35.9. The summed E-state index contributed by atoms with van der Waals surface area (Å²) in [5.74, 6) is -0.393. The minimum Gasteiger partial charge on any atom is -0.337 e. The maximum atomic E-state index is 14.6. The van der Waals surface area contributed by atoms with Gasteiger partial charge in [0.15, 0.2) is 23.1 Å². The van der Waals surface area contributed by atoms with E-state index in [1.54, 1.807) is 46.9 Å². The Hall–Kier alpha value is -4.28. The molecule has 2 unspecified atom stereocenters. The summed E-state index contributed by atoms with van der Waals surface area (Å²) in [5, 5.41) is 3.41. The molecule has 0 bridgehead atoms. The van der Waals surface area contributed by atoms with Gasteiger partial charge in [0, 0.05) is 55.9 Å². The number of carbonyl (C=O) groups is 4. The van der Waals surface area contributed by atoms with E-state index in [2.05, 4.69) is 50.7 Å². The summed E-state index contributed by atoms with van der Waals surface area (Å²) in [4.78, 5) is 60.2. The van der Waals surface area contributed by atoms with Crippen LogP contribution >= 0.6 is 103 Å². The Bertz CT molecular complexity index is 4340. The van der Waals surface area contributed by atoms with Crippen molar-refractivity contribution in [1.29, 1.82) is 0 Å². The third kappa shape index (κ3) is 16.2. The number of allylic oxidation sites excluding steroid dienone is 2. The number of fused-ring (bicyclic) bond motifs is 16. The van der Waals surface area contributed by atoms with Crippen molar-refractivity contribution in [1.82, 2.24) is 17.9 Å². The van der Waals surface area contributed by atoms with Gasteiger partial charge in [0.2, 0.25) is 0 Å². The number of ketones is 4. The average molecular weight is 1530 g/mol. The molecule has 2 atom stereocenters. The van der Waals surface area contributed by atoms with Gasteiger partial charge in [-0.15, -0.1) is 45.3 Å². The summed E-state index contributed by atoms with van der Waals surface area (Å²) in [7, 11) is 0. The molecule has 2 aliphatic carbocycles. The predicted octanol–water partition coefficient (Wildman–Crippen LogP) is 29.7. The highest BCUT2D eigenvalue weighted by atomic mass is 35.5. The van der Waals surface area contributed by atoms with Crippen LogP contribution in [0.5, 0.6) is 0 Å². The maximum absolute atomic E-state index is 14.6. The Morgan fingerprint density at radius 2 is 0.653 bits per heavy atom. The van der Waals surface area contributed by atoms with Crippen LogP contribution in [-0.2, 0) is 25.9 Å². The van der Waals surface area contributed by atoms with Gasteiger partial charge in [0.25, 0.3) is 0 Å². The normalized spacial score (nSPS) is 14.1. The second-order valence-electron chi connectivity index (χ2n) is 29.3. The number of thiophene rings is 4. The van der Waals surface area contributed by atoms with Gasteiger partial charge >= 0.3 is 0 Å². The molecule has 540 valence electrons. The van der Waals surface area contributed by atoms with Crippen LogP contribution in [0, 0.1) is 11.8 Å². The van der Waals surface area contributed by atoms with Gasteiger partial charge in [-0.25, -0.2) is 0 Å². The summed E-state index contributed by atoms with van der Waals surface area (Å²) >= 11 is 34.9. The number of halogens is 4. The Kier molecular flexibility index (Phi) is 27.1. The van der Waals surface area contributed by atoms with Crippen LogP contribution in [0.3, 0.4) is 0 Å². The lowest BCUT2D eigenvalue weighted by atomic mass is 9.94. The number of nitrogens with zero attached hydrogens (tertiary/aromatic N) is 4.